The van der Waals surface area contributed by atoms with E-state index in [0.717, 1.165) is 5.56 Å². The summed E-state index contributed by atoms with van der Waals surface area (Å²) in [7, 11) is 0. The standard InChI is InChI=1S/C20H21F2/c1-13-3-5-15(6-4-13)16-7-9-17(10-8-16)18-11-19(21)14(2)20(22)12-18/h7-12,15H,3-6H2,1-2H3. The molecule has 1 saturated carbocycles. The molecule has 22 heavy (non-hydrogen) atoms. The molecule has 0 heterocycles. The van der Waals surface area contributed by atoms with Crippen molar-refractivity contribution in [1.82, 2.24) is 0 Å². The minimum atomic E-state index is -0.489. The minimum absolute atomic E-state index is 0.0780. The van der Waals surface area contributed by atoms with Gasteiger partial charge >= 0.3 is 0 Å². The Morgan fingerprint density at radius 3 is 1.91 bits per heavy atom. The number of halogens is 2. The molecule has 0 spiro atoms. The number of hydrogen-bond acceptors (Lipinski definition) is 0. The van der Waals surface area contributed by atoms with Gasteiger partial charge in [-0.2, -0.15) is 0 Å². The lowest BCUT2D eigenvalue weighted by atomic mass is 9.79. The van der Waals surface area contributed by atoms with E-state index in [0.29, 0.717) is 11.5 Å². The number of rotatable bonds is 2. The average molecular weight is 299 g/mol. The quantitative estimate of drug-likeness (QED) is 0.620. The molecule has 115 valence electrons. The highest BCUT2D eigenvalue weighted by atomic mass is 19.1. The van der Waals surface area contributed by atoms with Crippen LogP contribution in [0.1, 0.15) is 49.7 Å². The maximum Gasteiger partial charge on any atom is 0.129 e. The molecular formula is C20H21F2. The van der Waals surface area contributed by atoms with Gasteiger partial charge < -0.3 is 0 Å². The number of hydrogen-bond donors (Lipinski definition) is 0. The van der Waals surface area contributed by atoms with Crippen molar-refractivity contribution < 1.29 is 8.78 Å². The first-order chi connectivity index (χ1) is 10.5. The Morgan fingerprint density at radius 1 is 0.818 bits per heavy atom. The molecule has 0 N–H and O–H groups in total. The predicted molar refractivity (Wildman–Crippen MR) is 86.7 cm³/mol. The highest BCUT2D eigenvalue weighted by Gasteiger charge is 2.19. The van der Waals surface area contributed by atoms with Crippen molar-refractivity contribution in [3.8, 4) is 11.1 Å². The summed E-state index contributed by atoms with van der Waals surface area (Å²) in [5.74, 6) is 1.23. The van der Waals surface area contributed by atoms with Crippen LogP contribution in [0.5, 0.6) is 0 Å². The lowest BCUT2D eigenvalue weighted by Crippen LogP contribution is -2.09. The Hall–Kier alpha value is -1.70. The van der Waals surface area contributed by atoms with E-state index in [2.05, 4.69) is 19.1 Å². The molecular weight excluding hydrogens is 278 g/mol. The summed E-state index contributed by atoms with van der Waals surface area (Å²) in [6.45, 7) is 3.69. The average Bonchev–Trinajstić information content (AvgIpc) is 2.53. The van der Waals surface area contributed by atoms with Crippen LogP contribution >= 0.6 is 0 Å². The van der Waals surface area contributed by atoms with Crippen LogP contribution in [0.3, 0.4) is 0 Å². The fourth-order valence-corrected chi connectivity index (χ4v) is 3.20. The maximum absolute atomic E-state index is 13.7. The molecule has 1 fully saturated rings. The van der Waals surface area contributed by atoms with Gasteiger partial charge in [0.15, 0.2) is 0 Å². The zero-order chi connectivity index (χ0) is 15.7. The van der Waals surface area contributed by atoms with Crippen LogP contribution in [0.15, 0.2) is 36.4 Å². The Labute approximate surface area is 131 Å². The van der Waals surface area contributed by atoms with E-state index in [-0.39, 0.29) is 5.56 Å². The van der Waals surface area contributed by atoms with E-state index >= 15 is 0 Å². The van der Waals surface area contributed by atoms with Crippen LogP contribution in [0.4, 0.5) is 8.78 Å². The second-order valence-electron chi connectivity index (χ2n) is 6.42. The lowest BCUT2D eigenvalue weighted by molar-refractivity contribution is 0.472. The van der Waals surface area contributed by atoms with Crippen molar-refractivity contribution >= 4 is 0 Å². The van der Waals surface area contributed by atoms with Gasteiger partial charge in [-0.05, 0) is 73.3 Å². The zero-order valence-electron chi connectivity index (χ0n) is 13.1. The fraction of sp³-hybridized carbons (Fsp3) is 0.350. The van der Waals surface area contributed by atoms with Gasteiger partial charge in [0.05, 0.1) is 0 Å². The first-order valence-corrected chi connectivity index (χ1v) is 7.92. The van der Waals surface area contributed by atoms with Crippen molar-refractivity contribution in [2.75, 3.05) is 0 Å². The van der Waals surface area contributed by atoms with Crippen LogP contribution < -0.4 is 0 Å². The molecule has 2 aromatic rings. The molecule has 0 unspecified atom stereocenters. The third-order valence-electron chi connectivity index (χ3n) is 4.84. The molecule has 0 amide bonds. The van der Waals surface area contributed by atoms with Crippen molar-refractivity contribution in [2.24, 2.45) is 0 Å². The normalized spacial score (nSPS) is 16.9. The molecule has 3 rings (SSSR count). The van der Waals surface area contributed by atoms with E-state index in [9.17, 15) is 8.78 Å². The van der Waals surface area contributed by atoms with E-state index in [1.165, 1.54) is 50.3 Å². The predicted octanol–water partition coefficient (Wildman–Crippen LogP) is 6.19. The molecule has 0 aromatic heterocycles. The van der Waals surface area contributed by atoms with Crippen LogP contribution in [0.2, 0.25) is 0 Å². The Balaban J connectivity index is 1.82. The van der Waals surface area contributed by atoms with Gasteiger partial charge in [0.25, 0.3) is 0 Å². The highest BCUT2D eigenvalue weighted by Crippen LogP contribution is 2.37. The molecule has 0 saturated heterocycles. The van der Waals surface area contributed by atoms with Crippen LogP contribution in [-0.2, 0) is 0 Å². The van der Waals surface area contributed by atoms with Gasteiger partial charge in [-0.15, -0.1) is 0 Å². The van der Waals surface area contributed by atoms with E-state index < -0.39 is 11.6 Å². The van der Waals surface area contributed by atoms with E-state index in [4.69, 9.17) is 0 Å². The molecule has 1 radical (unpaired) electrons. The van der Waals surface area contributed by atoms with Crippen molar-refractivity contribution in [3.63, 3.8) is 0 Å². The largest absolute Gasteiger partial charge is 0.207 e. The van der Waals surface area contributed by atoms with Gasteiger partial charge in [0, 0.05) is 5.56 Å². The fourth-order valence-electron chi connectivity index (χ4n) is 3.20. The smallest absolute Gasteiger partial charge is 0.129 e. The van der Waals surface area contributed by atoms with Crippen LogP contribution in [0.25, 0.3) is 11.1 Å². The monoisotopic (exact) mass is 299 g/mol. The molecule has 1 aliphatic carbocycles. The maximum atomic E-state index is 13.7. The van der Waals surface area contributed by atoms with Gasteiger partial charge in [0.2, 0.25) is 0 Å². The van der Waals surface area contributed by atoms with Gasteiger partial charge in [-0.25, -0.2) is 8.78 Å². The highest BCUT2D eigenvalue weighted by molar-refractivity contribution is 5.64. The Bertz CT molecular complexity index is 627. The summed E-state index contributed by atoms with van der Waals surface area (Å²) in [6.07, 6.45) is 4.83. The summed E-state index contributed by atoms with van der Waals surface area (Å²) < 4.78 is 27.4. The molecule has 2 heteroatoms. The van der Waals surface area contributed by atoms with E-state index in [1.807, 2.05) is 12.1 Å². The minimum Gasteiger partial charge on any atom is -0.207 e. The molecule has 2 aromatic carbocycles. The topological polar surface area (TPSA) is 0 Å². The summed E-state index contributed by atoms with van der Waals surface area (Å²) in [4.78, 5) is 0. The van der Waals surface area contributed by atoms with E-state index in [1.54, 1.807) is 5.92 Å². The molecule has 0 bridgehead atoms. The second-order valence-corrected chi connectivity index (χ2v) is 6.42. The van der Waals surface area contributed by atoms with Crippen molar-refractivity contribution in [1.29, 1.82) is 0 Å². The summed E-state index contributed by atoms with van der Waals surface area (Å²) in [5, 5.41) is 0. The van der Waals surface area contributed by atoms with Crippen LogP contribution in [0, 0.1) is 24.5 Å². The molecule has 1 aliphatic rings. The summed E-state index contributed by atoms with van der Waals surface area (Å²) in [5.41, 5.74) is 2.87. The Morgan fingerprint density at radius 2 is 1.36 bits per heavy atom. The number of benzene rings is 2. The summed E-state index contributed by atoms with van der Waals surface area (Å²) >= 11 is 0. The van der Waals surface area contributed by atoms with Gasteiger partial charge in [-0.1, -0.05) is 31.2 Å². The first-order valence-electron chi connectivity index (χ1n) is 7.92. The Kier molecular flexibility index (Phi) is 4.28. The van der Waals surface area contributed by atoms with Crippen molar-refractivity contribution in [3.05, 3.63) is 65.1 Å². The van der Waals surface area contributed by atoms with Crippen LogP contribution in [-0.4, -0.2) is 0 Å². The third-order valence-corrected chi connectivity index (χ3v) is 4.84. The first kappa shape index (κ1) is 15.2. The SMILES string of the molecule is C[C]1CCC(c2ccc(-c3cc(F)c(C)c(F)c3)cc2)CC1. The second kappa shape index (κ2) is 6.20. The lowest BCUT2D eigenvalue weighted by Gasteiger charge is -2.26. The van der Waals surface area contributed by atoms with Crippen molar-refractivity contribution in [2.45, 2.75) is 45.4 Å². The third kappa shape index (κ3) is 3.06. The molecule has 0 atom stereocenters. The van der Waals surface area contributed by atoms with Gasteiger partial charge in [-0.3, -0.25) is 0 Å². The summed E-state index contributed by atoms with van der Waals surface area (Å²) in [6, 6.07) is 11.0. The zero-order valence-corrected chi connectivity index (χ0v) is 13.1. The molecule has 0 aliphatic heterocycles. The molecule has 0 nitrogen and oxygen atoms in total. The van der Waals surface area contributed by atoms with Gasteiger partial charge in [0.1, 0.15) is 11.6 Å².